The van der Waals surface area contributed by atoms with Crippen molar-refractivity contribution in [2.24, 2.45) is 0 Å². The summed E-state index contributed by atoms with van der Waals surface area (Å²) in [4.78, 5) is 6.08. The molecule has 0 bridgehead atoms. The van der Waals surface area contributed by atoms with Gasteiger partial charge in [0.05, 0.1) is 5.02 Å². The van der Waals surface area contributed by atoms with Crippen LogP contribution in [0.15, 0.2) is 36.9 Å². The van der Waals surface area contributed by atoms with Crippen LogP contribution < -0.4 is 5.32 Å². The second-order valence-electron chi connectivity index (χ2n) is 8.15. The Labute approximate surface area is 188 Å². The summed E-state index contributed by atoms with van der Waals surface area (Å²) in [5.41, 5.74) is 7.13. The Morgan fingerprint density at radius 3 is 2.73 bits per heavy atom. The van der Waals surface area contributed by atoms with E-state index in [1.54, 1.807) is 6.08 Å². The average molecular weight is 444 g/mol. The normalized spacial score (nSPS) is 18.9. The van der Waals surface area contributed by atoms with Crippen molar-refractivity contribution in [3.63, 3.8) is 0 Å². The molecular weight excluding hydrogens is 417 g/mol. The van der Waals surface area contributed by atoms with E-state index >= 15 is 0 Å². The van der Waals surface area contributed by atoms with Crippen LogP contribution in [0.4, 0.5) is 0 Å². The van der Waals surface area contributed by atoms with E-state index in [4.69, 9.17) is 11.6 Å². The minimum Gasteiger partial charge on any atom is -0.374 e. The quantitative estimate of drug-likeness (QED) is 0.489. The Kier molecular flexibility index (Phi) is 6.24. The van der Waals surface area contributed by atoms with Crippen molar-refractivity contribution in [1.29, 1.82) is 0 Å². The first-order valence-corrected chi connectivity index (χ1v) is 10.8. The zero-order valence-electron chi connectivity index (χ0n) is 16.9. The fourth-order valence-corrected chi connectivity index (χ4v) is 5.01. The Bertz CT molecular complexity index is 1090. The number of fused-ring (bicyclic) bond motifs is 2. The second kappa shape index (κ2) is 8.74. The molecule has 0 amide bonds. The number of halogens is 2. The first-order valence-electron chi connectivity index (χ1n) is 10.4. The smallest absolute Gasteiger partial charge is 0.132 e. The Morgan fingerprint density at radius 1 is 1.17 bits per heavy atom. The van der Waals surface area contributed by atoms with E-state index in [2.05, 4.69) is 46.0 Å². The van der Waals surface area contributed by atoms with Crippen molar-refractivity contribution in [2.75, 3.05) is 13.1 Å². The van der Waals surface area contributed by atoms with Gasteiger partial charge in [0.25, 0.3) is 0 Å². The lowest BCUT2D eigenvalue weighted by Gasteiger charge is -2.26. The number of aromatic nitrogens is 1. The third-order valence-electron chi connectivity index (χ3n) is 6.23. The van der Waals surface area contributed by atoms with E-state index in [0.717, 1.165) is 40.0 Å². The molecule has 158 valence electrons. The number of hydrogen-bond acceptors (Lipinski definition) is 3. The van der Waals surface area contributed by atoms with Gasteiger partial charge in [-0.3, -0.25) is 10.2 Å². The number of aliphatic hydroxyl groups is 1. The summed E-state index contributed by atoms with van der Waals surface area (Å²) in [6.45, 7) is 7.86. The molecule has 3 N–H and O–H groups in total. The zero-order valence-corrected chi connectivity index (χ0v) is 18.5. The highest BCUT2D eigenvalue weighted by Crippen LogP contribution is 2.40. The number of aromatic amines is 1. The third-order valence-corrected chi connectivity index (χ3v) is 6.68. The van der Waals surface area contributed by atoms with E-state index in [0.29, 0.717) is 11.6 Å². The number of H-pyrrole nitrogens is 1. The highest BCUT2D eigenvalue weighted by Gasteiger charge is 2.28. The molecule has 1 saturated heterocycles. The summed E-state index contributed by atoms with van der Waals surface area (Å²) >= 11 is 6.53. The summed E-state index contributed by atoms with van der Waals surface area (Å²) < 4.78 is 0. The molecule has 0 aliphatic carbocycles. The molecule has 1 unspecified atom stereocenters. The van der Waals surface area contributed by atoms with Crippen LogP contribution in [-0.4, -0.2) is 28.1 Å². The molecule has 1 atom stereocenters. The van der Waals surface area contributed by atoms with Gasteiger partial charge in [0.1, 0.15) is 6.23 Å². The number of rotatable bonds is 4. The van der Waals surface area contributed by atoms with Gasteiger partial charge in [-0.15, -0.1) is 12.4 Å². The number of benzene rings is 2. The molecule has 3 heterocycles. The maximum atomic E-state index is 10.5. The van der Waals surface area contributed by atoms with Crippen molar-refractivity contribution in [3.05, 3.63) is 64.2 Å². The fraction of sp³-hybridized carbons (Fsp3) is 0.333. The predicted molar refractivity (Wildman–Crippen MR) is 127 cm³/mol. The van der Waals surface area contributed by atoms with E-state index in [-0.39, 0.29) is 12.4 Å². The summed E-state index contributed by atoms with van der Waals surface area (Å²) in [6.07, 6.45) is 5.03. The Morgan fingerprint density at radius 2 is 1.97 bits per heavy atom. The molecule has 2 aliphatic rings. The van der Waals surface area contributed by atoms with Gasteiger partial charge in [-0.05, 0) is 66.9 Å². The lowest BCUT2D eigenvalue weighted by molar-refractivity contribution is 0.152. The minimum atomic E-state index is -0.711. The van der Waals surface area contributed by atoms with Crippen molar-refractivity contribution < 1.29 is 5.11 Å². The Hall–Kier alpha value is -1.82. The molecule has 6 heteroatoms. The van der Waals surface area contributed by atoms with Crippen LogP contribution >= 0.6 is 24.0 Å². The molecule has 1 aromatic heterocycles. The maximum Gasteiger partial charge on any atom is 0.132 e. The van der Waals surface area contributed by atoms with Gasteiger partial charge in [0, 0.05) is 40.8 Å². The molecule has 3 aromatic rings. The highest BCUT2D eigenvalue weighted by molar-refractivity contribution is 6.33. The number of likely N-dealkylation sites (tertiary alicyclic amines) is 1. The number of piperidine rings is 1. The van der Waals surface area contributed by atoms with Gasteiger partial charge < -0.3 is 10.1 Å². The molecule has 2 aromatic carbocycles. The first kappa shape index (κ1) is 21.4. The average Bonchev–Trinajstić information content (AvgIpc) is 3.33. The molecule has 0 saturated carbocycles. The van der Waals surface area contributed by atoms with Gasteiger partial charge in [-0.25, -0.2) is 0 Å². The second-order valence-corrected chi connectivity index (χ2v) is 8.53. The van der Waals surface area contributed by atoms with E-state index < -0.39 is 6.23 Å². The molecule has 5 rings (SSSR count). The van der Waals surface area contributed by atoms with Crippen molar-refractivity contribution in [2.45, 2.75) is 38.6 Å². The van der Waals surface area contributed by atoms with Crippen LogP contribution in [0, 0.1) is 0 Å². The summed E-state index contributed by atoms with van der Waals surface area (Å²) in [6, 6.07) is 10.9. The first-order chi connectivity index (χ1) is 14.1. The standard InChI is InChI=1S/C24H26ClN3O.ClH/c1-2-16-11-18(22-19(23(16)25)13-26-24(22)29)21-12-17-10-15(6-7-20(17)27-21)14-28-8-4-3-5-9-28;/h2,6-7,10-12,24,26-27,29H,1,3-5,8-9,13-14H2;1H. The van der Waals surface area contributed by atoms with Crippen LogP contribution in [-0.2, 0) is 13.1 Å². The van der Waals surface area contributed by atoms with Crippen LogP contribution in [0.3, 0.4) is 0 Å². The van der Waals surface area contributed by atoms with Gasteiger partial charge in [-0.2, -0.15) is 0 Å². The van der Waals surface area contributed by atoms with Crippen LogP contribution in [0.5, 0.6) is 0 Å². The number of hydrogen-bond donors (Lipinski definition) is 3. The monoisotopic (exact) mass is 443 g/mol. The number of nitrogens with zero attached hydrogens (tertiary/aromatic N) is 1. The lowest BCUT2D eigenvalue weighted by atomic mass is 9.96. The SMILES string of the molecule is C=Cc1cc(-c2cc3cc(CN4CCCCC4)ccc3[nH]2)c2c(c1Cl)CNC2O.Cl. The van der Waals surface area contributed by atoms with Crippen molar-refractivity contribution >= 4 is 41.0 Å². The lowest BCUT2D eigenvalue weighted by Crippen LogP contribution is -2.28. The van der Waals surface area contributed by atoms with Crippen molar-refractivity contribution in [1.82, 2.24) is 15.2 Å². The summed E-state index contributed by atoms with van der Waals surface area (Å²) in [5, 5.41) is 15.5. The number of nitrogens with one attached hydrogen (secondary N) is 2. The van der Waals surface area contributed by atoms with E-state index in [1.165, 1.54) is 43.3 Å². The molecule has 1 fully saturated rings. The molecule has 4 nitrogen and oxygen atoms in total. The largest absolute Gasteiger partial charge is 0.374 e. The van der Waals surface area contributed by atoms with Crippen LogP contribution in [0.1, 0.15) is 47.7 Å². The molecular formula is C24H27Cl2N3O. The van der Waals surface area contributed by atoms with Gasteiger partial charge in [0.2, 0.25) is 0 Å². The molecule has 0 spiro atoms. The summed E-state index contributed by atoms with van der Waals surface area (Å²) in [7, 11) is 0. The third kappa shape index (κ3) is 3.79. The fourth-order valence-electron chi connectivity index (χ4n) is 4.71. The van der Waals surface area contributed by atoms with Gasteiger partial charge in [-0.1, -0.05) is 36.7 Å². The van der Waals surface area contributed by atoms with Gasteiger partial charge in [0.15, 0.2) is 0 Å². The predicted octanol–water partition coefficient (Wildman–Crippen LogP) is 5.63. The topological polar surface area (TPSA) is 51.3 Å². The minimum absolute atomic E-state index is 0. The highest BCUT2D eigenvalue weighted by atomic mass is 35.5. The molecule has 2 aliphatic heterocycles. The van der Waals surface area contributed by atoms with Crippen LogP contribution in [0.2, 0.25) is 5.02 Å². The Balaban J connectivity index is 0.00000218. The maximum absolute atomic E-state index is 10.5. The van der Waals surface area contributed by atoms with E-state index in [1.807, 2.05) is 6.07 Å². The molecule has 30 heavy (non-hydrogen) atoms. The zero-order chi connectivity index (χ0) is 20.0. The van der Waals surface area contributed by atoms with E-state index in [9.17, 15) is 5.11 Å². The van der Waals surface area contributed by atoms with Crippen molar-refractivity contribution in [3.8, 4) is 11.3 Å². The number of aliphatic hydroxyl groups excluding tert-OH is 1. The van der Waals surface area contributed by atoms with Crippen LogP contribution in [0.25, 0.3) is 28.2 Å². The summed E-state index contributed by atoms with van der Waals surface area (Å²) in [5.74, 6) is 0. The molecule has 0 radical (unpaired) electrons. The van der Waals surface area contributed by atoms with Gasteiger partial charge >= 0.3 is 0 Å².